The monoisotopic (exact) mass is 568 g/mol. The Morgan fingerprint density at radius 3 is 2.07 bits per heavy atom. The second-order valence-corrected chi connectivity index (χ2v) is 11.8. The normalized spacial score (nSPS) is 14.6. The summed E-state index contributed by atoms with van der Waals surface area (Å²) in [6, 6.07) is 18.9. The average Bonchev–Trinajstić information content (AvgIpc) is 2.89. The number of hydrogen-bond donors (Lipinski definition) is 0. The van der Waals surface area contributed by atoms with Gasteiger partial charge in [-0.15, -0.1) is 13.2 Å². The fourth-order valence-electron chi connectivity index (χ4n) is 5.21. The maximum absolute atomic E-state index is 12.8. The van der Waals surface area contributed by atoms with E-state index in [0.29, 0.717) is 32.5 Å². The van der Waals surface area contributed by atoms with Crippen molar-refractivity contribution < 1.29 is 27.4 Å². The van der Waals surface area contributed by atoms with E-state index in [4.69, 9.17) is 4.74 Å². The summed E-state index contributed by atoms with van der Waals surface area (Å²) in [5.74, 6) is -0.256. The molecular weight excluding hydrogens is 529 g/mol. The number of benzene rings is 3. The van der Waals surface area contributed by atoms with Gasteiger partial charge in [0.15, 0.2) is 0 Å². The fraction of sp³-hybridized carbons (Fsp3) is 0.424. The molecule has 0 aliphatic carbocycles. The quantitative estimate of drug-likeness (QED) is 0.299. The van der Waals surface area contributed by atoms with Crippen LogP contribution in [0.25, 0.3) is 11.1 Å². The van der Waals surface area contributed by atoms with Crippen molar-refractivity contribution in [2.45, 2.75) is 78.9 Å². The van der Waals surface area contributed by atoms with Gasteiger partial charge in [-0.2, -0.15) is 0 Å². The second kappa shape index (κ2) is 12.0. The van der Waals surface area contributed by atoms with Crippen LogP contribution >= 0.6 is 0 Å². The molecule has 1 amide bonds. The van der Waals surface area contributed by atoms with Crippen molar-refractivity contribution in [3.63, 3.8) is 0 Å². The summed E-state index contributed by atoms with van der Waals surface area (Å²) >= 11 is 0. The SMILES string of the molecule is Cc1cc(-c2cccc(CN(c3ccc(OC(F)(F)F)cc3)C3CCN(C(=O)OC(C)(C)C)CC3)c2)cc(C)c1C. The number of nitrogens with zero attached hydrogens (tertiary/aromatic N) is 2. The Bertz CT molecular complexity index is 1330. The predicted molar refractivity (Wildman–Crippen MR) is 156 cm³/mol. The lowest BCUT2D eigenvalue weighted by Crippen LogP contribution is -2.48. The molecule has 0 bridgehead atoms. The summed E-state index contributed by atoms with van der Waals surface area (Å²) in [6.45, 7) is 13.5. The molecule has 3 aromatic carbocycles. The highest BCUT2D eigenvalue weighted by Crippen LogP contribution is 2.32. The van der Waals surface area contributed by atoms with E-state index in [-0.39, 0.29) is 17.9 Å². The molecule has 1 saturated heterocycles. The third-order valence-electron chi connectivity index (χ3n) is 7.50. The van der Waals surface area contributed by atoms with Gasteiger partial charge in [-0.3, -0.25) is 0 Å². The molecule has 4 rings (SSSR count). The standard InChI is InChI=1S/C33H39F3N2O3/c1-22-18-27(19-23(2)24(22)3)26-9-7-8-25(20-26)21-38(28-10-12-30(13-11-28)40-33(34,35)36)29-14-16-37(17-15-29)31(39)41-32(4,5)6/h7-13,18-20,29H,14-17,21H2,1-6H3. The fourth-order valence-corrected chi connectivity index (χ4v) is 5.21. The first-order valence-electron chi connectivity index (χ1n) is 14.0. The van der Waals surface area contributed by atoms with Gasteiger partial charge in [0.05, 0.1) is 0 Å². The largest absolute Gasteiger partial charge is 0.573 e. The van der Waals surface area contributed by atoms with E-state index < -0.39 is 12.0 Å². The number of carbonyl (C=O) groups excluding carboxylic acids is 1. The molecule has 8 heteroatoms. The molecule has 220 valence electrons. The molecule has 1 aliphatic heterocycles. The first-order valence-corrected chi connectivity index (χ1v) is 14.0. The van der Waals surface area contributed by atoms with Crippen molar-refractivity contribution in [3.05, 3.63) is 82.9 Å². The Labute approximate surface area is 240 Å². The summed E-state index contributed by atoms with van der Waals surface area (Å²) in [5, 5.41) is 0. The Hall–Kier alpha value is -3.68. The zero-order valence-electron chi connectivity index (χ0n) is 24.6. The predicted octanol–water partition coefficient (Wildman–Crippen LogP) is 8.58. The van der Waals surface area contributed by atoms with Gasteiger partial charge in [0.1, 0.15) is 11.4 Å². The molecule has 41 heavy (non-hydrogen) atoms. The molecule has 0 saturated carbocycles. The molecule has 1 heterocycles. The summed E-state index contributed by atoms with van der Waals surface area (Å²) in [5.41, 5.74) is 7.34. The Morgan fingerprint density at radius 2 is 1.51 bits per heavy atom. The van der Waals surface area contributed by atoms with Crippen LogP contribution in [0.2, 0.25) is 0 Å². The molecule has 0 aromatic heterocycles. The van der Waals surface area contributed by atoms with Gasteiger partial charge in [0.2, 0.25) is 0 Å². The first-order chi connectivity index (χ1) is 19.2. The number of likely N-dealkylation sites (tertiary alicyclic amines) is 1. The van der Waals surface area contributed by atoms with E-state index in [1.165, 1.54) is 28.8 Å². The average molecular weight is 569 g/mol. The minimum absolute atomic E-state index is 0.0793. The van der Waals surface area contributed by atoms with Crippen molar-refractivity contribution in [3.8, 4) is 16.9 Å². The van der Waals surface area contributed by atoms with Crippen LogP contribution in [0.4, 0.5) is 23.7 Å². The van der Waals surface area contributed by atoms with Crippen molar-refractivity contribution in [2.75, 3.05) is 18.0 Å². The van der Waals surface area contributed by atoms with Gasteiger partial charge in [-0.1, -0.05) is 30.3 Å². The molecule has 0 N–H and O–H groups in total. The molecule has 0 unspecified atom stereocenters. The number of ether oxygens (including phenoxy) is 2. The van der Waals surface area contributed by atoms with Crippen LogP contribution in [-0.4, -0.2) is 42.1 Å². The number of alkyl halides is 3. The van der Waals surface area contributed by atoms with Gasteiger partial charge in [0, 0.05) is 31.4 Å². The van der Waals surface area contributed by atoms with Crippen LogP contribution in [-0.2, 0) is 11.3 Å². The number of aryl methyl sites for hydroxylation is 2. The molecule has 0 spiro atoms. The summed E-state index contributed by atoms with van der Waals surface area (Å²) in [7, 11) is 0. The molecule has 5 nitrogen and oxygen atoms in total. The number of anilines is 1. The van der Waals surface area contributed by atoms with Crippen LogP contribution in [0.5, 0.6) is 5.75 Å². The lowest BCUT2D eigenvalue weighted by Gasteiger charge is -2.40. The second-order valence-electron chi connectivity index (χ2n) is 11.8. The third-order valence-corrected chi connectivity index (χ3v) is 7.50. The van der Waals surface area contributed by atoms with E-state index in [0.717, 1.165) is 22.4 Å². The van der Waals surface area contributed by atoms with E-state index in [9.17, 15) is 18.0 Å². The van der Waals surface area contributed by atoms with Crippen LogP contribution in [0.1, 0.15) is 55.9 Å². The maximum atomic E-state index is 12.8. The highest BCUT2D eigenvalue weighted by Gasteiger charge is 2.32. The lowest BCUT2D eigenvalue weighted by atomic mass is 9.95. The van der Waals surface area contributed by atoms with E-state index in [2.05, 4.69) is 60.7 Å². The van der Waals surface area contributed by atoms with Crippen LogP contribution in [0.3, 0.4) is 0 Å². The first kappa shape index (κ1) is 30.3. The zero-order valence-corrected chi connectivity index (χ0v) is 24.6. The van der Waals surface area contributed by atoms with Gasteiger partial charge >= 0.3 is 12.5 Å². The number of amides is 1. The van der Waals surface area contributed by atoms with Crippen LogP contribution in [0, 0.1) is 20.8 Å². The number of carbonyl (C=O) groups is 1. The number of halogens is 3. The van der Waals surface area contributed by atoms with Crippen LogP contribution in [0.15, 0.2) is 60.7 Å². The minimum atomic E-state index is -4.75. The summed E-state index contributed by atoms with van der Waals surface area (Å²) in [4.78, 5) is 16.6. The Balaban J connectivity index is 1.59. The minimum Gasteiger partial charge on any atom is -0.444 e. The van der Waals surface area contributed by atoms with E-state index in [1.54, 1.807) is 17.0 Å². The third kappa shape index (κ3) is 8.18. The van der Waals surface area contributed by atoms with Gasteiger partial charge in [0.25, 0.3) is 0 Å². The van der Waals surface area contributed by atoms with Crippen molar-refractivity contribution in [1.29, 1.82) is 0 Å². The van der Waals surface area contributed by atoms with Crippen LogP contribution < -0.4 is 9.64 Å². The highest BCUT2D eigenvalue weighted by molar-refractivity contribution is 5.68. The Kier molecular flexibility index (Phi) is 8.90. The lowest BCUT2D eigenvalue weighted by molar-refractivity contribution is -0.274. The van der Waals surface area contributed by atoms with Gasteiger partial charge < -0.3 is 19.3 Å². The smallest absolute Gasteiger partial charge is 0.444 e. The Morgan fingerprint density at radius 1 is 0.902 bits per heavy atom. The molecular formula is C33H39F3N2O3. The van der Waals surface area contributed by atoms with E-state index >= 15 is 0 Å². The number of piperidine rings is 1. The molecule has 3 aromatic rings. The van der Waals surface area contributed by atoms with Gasteiger partial charge in [-0.25, -0.2) is 4.79 Å². The van der Waals surface area contributed by atoms with Crippen molar-refractivity contribution in [1.82, 2.24) is 4.90 Å². The molecule has 1 fully saturated rings. The molecule has 0 atom stereocenters. The van der Waals surface area contributed by atoms with Crippen molar-refractivity contribution in [2.24, 2.45) is 0 Å². The maximum Gasteiger partial charge on any atom is 0.573 e. The van der Waals surface area contributed by atoms with Gasteiger partial charge in [-0.05, 0) is 118 Å². The van der Waals surface area contributed by atoms with Crippen molar-refractivity contribution >= 4 is 11.8 Å². The highest BCUT2D eigenvalue weighted by atomic mass is 19.4. The molecule has 1 aliphatic rings. The van der Waals surface area contributed by atoms with E-state index in [1.807, 2.05) is 26.8 Å². The number of hydrogen-bond acceptors (Lipinski definition) is 4. The topological polar surface area (TPSA) is 42.0 Å². The summed E-state index contributed by atoms with van der Waals surface area (Å²) in [6.07, 6.45) is -3.66. The summed E-state index contributed by atoms with van der Waals surface area (Å²) < 4.78 is 47.9. The zero-order chi connectivity index (χ0) is 29.9. The molecule has 0 radical (unpaired) electrons. The number of rotatable bonds is 6.